The number of rotatable bonds is 9. The van der Waals surface area contributed by atoms with E-state index in [0.29, 0.717) is 12.5 Å². The van der Waals surface area contributed by atoms with Crippen LogP contribution in [0.15, 0.2) is 42.6 Å². The highest BCUT2D eigenvalue weighted by Crippen LogP contribution is 2.21. The number of carboxylic acids is 2. The van der Waals surface area contributed by atoms with Gasteiger partial charge in [0.2, 0.25) is 0 Å². The summed E-state index contributed by atoms with van der Waals surface area (Å²) in [6.07, 6.45) is 4.52. The topological polar surface area (TPSA) is 99.5 Å². The van der Waals surface area contributed by atoms with Gasteiger partial charge in [-0.15, -0.1) is 0 Å². The van der Waals surface area contributed by atoms with E-state index in [0.717, 1.165) is 30.6 Å². The Hall–Kier alpha value is -3.15. The van der Waals surface area contributed by atoms with Crippen molar-refractivity contribution >= 4 is 23.2 Å². The van der Waals surface area contributed by atoms with Gasteiger partial charge in [-0.2, -0.15) is 0 Å². The molecule has 0 aliphatic carbocycles. The lowest BCUT2D eigenvalue weighted by Gasteiger charge is -2.13. The Morgan fingerprint density at radius 2 is 1.78 bits per heavy atom. The van der Waals surface area contributed by atoms with Crippen LogP contribution in [0.5, 0.6) is 0 Å². The quantitative estimate of drug-likeness (QED) is 0.461. The number of carbonyl (C=O) groups is 2. The summed E-state index contributed by atoms with van der Waals surface area (Å²) in [6, 6.07) is 9.69. The molecule has 0 atom stereocenters. The molecule has 0 saturated heterocycles. The summed E-state index contributed by atoms with van der Waals surface area (Å²) < 4.78 is 0. The maximum absolute atomic E-state index is 11.4. The highest BCUT2D eigenvalue weighted by Gasteiger charge is 2.17. The molecule has 1 aromatic carbocycles. The number of anilines is 1. The first-order valence-corrected chi connectivity index (χ1v) is 8.82. The van der Waals surface area contributed by atoms with Crippen molar-refractivity contribution in [1.29, 1.82) is 0 Å². The normalized spacial score (nSPS) is 11.3. The molecule has 0 amide bonds. The van der Waals surface area contributed by atoms with Crippen LogP contribution < -0.4 is 5.32 Å². The van der Waals surface area contributed by atoms with Crippen molar-refractivity contribution in [1.82, 2.24) is 4.98 Å². The van der Waals surface area contributed by atoms with Gasteiger partial charge >= 0.3 is 11.9 Å². The number of pyridine rings is 1. The van der Waals surface area contributed by atoms with Crippen LogP contribution in [0.1, 0.15) is 35.2 Å². The molecule has 6 heteroatoms. The SMILES string of the molecule is Cc1cccc(C)c1NCCCCc1cccnc1C(=CC(=O)O)C(=O)O. The number of nitrogens with one attached hydrogen (secondary N) is 1. The molecule has 0 unspecified atom stereocenters. The number of aryl methyl sites for hydroxylation is 3. The number of unbranched alkanes of at least 4 members (excludes halogenated alkanes) is 1. The Balaban J connectivity index is 1.99. The van der Waals surface area contributed by atoms with Crippen LogP contribution in [-0.4, -0.2) is 33.7 Å². The standard InChI is InChI=1S/C21H24N2O4/c1-14-7-5-8-15(2)19(14)22-11-4-3-9-16-10-6-12-23-20(16)17(21(26)27)13-18(24)25/h5-8,10,12-13,22H,3-4,9,11H2,1-2H3,(H,24,25)(H,26,27). The molecule has 2 rings (SSSR count). The zero-order chi connectivity index (χ0) is 19.8. The third kappa shape index (κ3) is 5.67. The summed E-state index contributed by atoms with van der Waals surface area (Å²) >= 11 is 0. The van der Waals surface area contributed by atoms with Gasteiger partial charge in [0.25, 0.3) is 0 Å². The first-order valence-electron chi connectivity index (χ1n) is 8.82. The number of para-hydroxylation sites is 1. The van der Waals surface area contributed by atoms with Crippen LogP contribution in [0.25, 0.3) is 5.57 Å². The lowest BCUT2D eigenvalue weighted by atomic mass is 10.0. The van der Waals surface area contributed by atoms with E-state index in [9.17, 15) is 14.7 Å². The summed E-state index contributed by atoms with van der Waals surface area (Å²) in [5.74, 6) is -2.60. The summed E-state index contributed by atoms with van der Waals surface area (Å²) in [5.41, 5.74) is 4.21. The van der Waals surface area contributed by atoms with Crippen molar-refractivity contribution in [2.45, 2.75) is 33.1 Å². The predicted octanol–water partition coefficient (Wildman–Crippen LogP) is 3.69. The van der Waals surface area contributed by atoms with Crippen molar-refractivity contribution < 1.29 is 19.8 Å². The molecule has 1 aromatic heterocycles. The second-order valence-corrected chi connectivity index (χ2v) is 6.36. The van der Waals surface area contributed by atoms with E-state index < -0.39 is 11.9 Å². The van der Waals surface area contributed by atoms with Gasteiger partial charge in [-0.05, 0) is 55.9 Å². The first kappa shape index (κ1) is 20.2. The Labute approximate surface area is 158 Å². The summed E-state index contributed by atoms with van der Waals surface area (Å²) in [4.78, 5) is 26.4. The largest absolute Gasteiger partial charge is 0.478 e. The number of hydrogen-bond acceptors (Lipinski definition) is 4. The third-order valence-corrected chi connectivity index (χ3v) is 4.30. The third-order valence-electron chi connectivity index (χ3n) is 4.30. The van der Waals surface area contributed by atoms with Crippen molar-refractivity contribution in [2.24, 2.45) is 0 Å². The van der Waals surface area contributed by atoms with Gasteiger partial charge in [-0.25, -0.2) is 9.59 Å². The minimum absolute atomic E-state index is 0.218. The maximum Gasteiger partial charge on any atom is 0.338 e. The molecule has 6 nitrogen and oxygen atoms in total. The van der Waals surface area contributed by atoms with Gasteiger partial charge in [0, 0.05) is 24.5 Å². The van der Waals surface area contributed by atoms with Crippen LogP contribution in [0.3, 0.4) is 0 Å². The van der Waals surface area contributed by atoms with Gasteiger partial charge in [0.1, 0.15) is 0 Å². The molecule has 1 heterocycles. The van der Waals surface area contributed by atoms with E-state index in [1.807, 2.05) is 6.07 Å². The lowest BCUT2D eigenvalue weighted by molar-refractivity contribution is -0.133. The molecule has 3 N–H and O–H groups in total. The van der Waals surface area contributed by atoms with Gasteiger partial charge in [0.05, 0.1) is 11.3 Å². The van der Waals surface area contributed by atoms with E-state index in [1.165, 1.54) is 17.3 Å². The van der Waals surface area contributed by atoms with E-state index in [4.69, 9.17) is 5.11 Å². The highest BCUT2D eigenvalue weighted by molar-refractivity contribution is 6.19. The highest BCUT2D eigenvalue weighted by atomic mass is 16.4. The summed E-state index contributed by atoms with van der Waals surface area (Å²) in [5, 5.41) is 21.7. The van der Waals surface area contributed by atoms with Crippen LogP contribution in [0.2, 0.25) is 0 Å². The van der Waals surface area contributed by atoms with E-state index in [1.54, 1.807) is 12.1 Å². The van der Waals surface area contributed by atoms with Crippen molar-refractivity contribution in [3.8, 4) is 0 Å². The van der Waals surface area contributed by atoms with Gasteiger partial charge in [-0.1, -0.05) is 24.3 Å². The molecule has 0 saturated carbocycles. The molecular weight excluding hydrogens is 344 g/mol. The zero-order valence-corrected chi connectivity index (χ0v) is 15.5. The average molecular weight is 368 g/mol. The summed E-state index contributed by atoms with van der Waals surface area (Å²) in [6.45, 7) is 4.94. The Kier molecular flexibility index (Phi) is 7.11. The first-order chi connectivity index (χ1) is 12.9. The fraction of sp³-hybridized carbons (Fsp3) is 0.286. The Bertz CT molecular complexity index is 839. The molecule has 142 valence electrons. The average Bonchev–Trinajstić information content (AvgIpc) is 2.61. The second-order valence-electron chi connectivity index (χ2n) is 6.36. The number of nitrogens with zero attached hydrogens (tertiary/aromatic N) is 1. The van der Waals surface area contributed by atoms with Gasteiger partial charge in [-0.3, -0.25) is 4.98 Å². The Morgan fingerprint density at radius 1 is 1.07 bits per heavy atom. The fourth-order valence-corrected chi connectivity index (χ4v) is 2.98. The molecule has 0 radical (unpaired) electrons. The smallest absolute Gasteiger partial charge is 0.338 e. The molecule has 0 fully saturated rings. The molecule has 0 aliphatic heterocycles. The number of aromatic nitrogens is 1. The van der Waals surface area contributed by atoms with Crippen LogP contribution in [-0.2, 0) is 16.0 Å². The molecule has 0 spiro atoms. The van der Waals surface area contributed by atoms with Crippen molar-refractivity contribution in [3.63, 3.8) is 0 Å². The van der Waals surface area contributed by atoms with Crippen LogP contribution in [0, 0.1) is 13.8 Å². The predicted molar refractivity (Wildman–Crippen MR) is 105 cm³/mol. The number of carboxylic acid groups (broad SMARTS) is 2. The Morgan fingerprint density at radius 3 is 2.41 bits per heavy atom. The lowest BCUT2D eigenvalue weighted by Crippen LogP contribution is -2.09. The van der Waals surface area contributed by atoms with Crippen LogP contribution >= 0.6 is 0 Å². The van der Waals surface area contributed by atoms with E-state index in [2.05, 4.69) is 36.3 Å². The minimum atomic E-state index is -1.30. The van der Waals surface area contributed by atoms with E-state index in [-0.39, 0.29) is 11.3 Å². The molecular formula is C21H24N2O4. The minimum Gasteiger partial charge on any atom is -0.478 e. The van der Waals surface area contributed by atoms with Gasteiger partial charge in [0.15, 0.2) is 0 Å². The number of benzene rings is 1. The summed E-state index contributed by atoms with van der Waals surface area (Å²) in [7, 11) is 0. The monoisotopic (exact) mass is 368 g/mol. The molecule has 27 heavy (non-hydrogen) atoms. The van der Waals surface area contributed by atoms with E-state index >= 15 is 0 Å². The molecule has 0 aliphatic rings. The van der Waals surface area contributed by atoms with Crippen molar-refractivity contribution in [2.75, 3.05) is 11.9 Å². The second kappa shape index (κ2) is 9.52. The fourth-order valence-electron chi connectivity index (χ4n) is 2.98. The maximum atomic E-state index is 11.4. The molecule has 2 aromatic rings. The van der Waals surface area contributed by atoms with Crippen LogP contribution in [0.4, 0.5) is 5.69 Å². The van der Waals surface area contributed by atoms with Crippen molar-refractivity contribution in [3.05, 3.63) is 65.0 Å². The zero-order valence-electron chi connectivity index (χ0n) is 15.5. The number of hydrogen-bond donors (Lipinski definition) is 3. The molecule has 0 bridgehead atoms. The number of aliphatic carboxylic acids is 2. The van der Waals surface area contributed by atoms with Gasteiger partial charge < -0.3 is 15.5 Å².